The highest BCUT2D eigenvalue weighted by atomic mass is 127. The van der Waals surface area contributed by atoms with Crippen LogP contribution in [0.2, 0.25) is 0 Å². The number of anilines is 1. The summed E-state index contributed by atoms with van der Waals surface area (Å²) in [6.45, 7) is 4.73. The van der Waals surface area contributed by atoms with Crippen LogP contribution in [0.1, 0.15) is 16.1 Å². The number of benzene rings is 2. The van der Waals surface area contributed by atoms with Crippen molar-refractivity contribution in [2.75, 3.05) is 11.9 Å². The zero-order valence-corrected chi connectivity index (χ0v) is 18.0. The number of aliphatic imine (C=N–C) groups is 1. The molecule has 26 heavy (non-hydrogen) atoms. The third kappa shape index (κ3) is 5.81. The molecule has 3 rings (SSSR count). The molecule has 4 nitrogen and oxygen atoms in total. The van der Waals surface area contributed by atoms with Crippen LogP contribution in [0.25, 0.3) is 11.3 Å². The molecule has 136 valence electrons. The predicted octanol–water partition coefficient (Wildman–Crippen LogP) is 5.01. The van der Waals surface area contributed by atoms with Gasteiger partial charge in [-0.15, -0.1) is 35.3 Å². The Morgan fingerprint density at radius 1 is 1.08 bits per heavy atom. The molecule has 0 aliphatic heterocycles. The number of hydrogen-bond donors (Lipinski definition) is 2. The highest BCUT2D eigenvalue weighted by molar-refractivity contribution is 14.0. The first-order valence-corrected chi connectivity index (χ1v) is 9.13. The molecule has 0 fully saturated rings. The van der Waals surface area contributed by atoms with E-state index in [9.17, 15) is 0 Å². The lowest BCUT2D eigenvalue weighted by molar-refractivity contribution is 0.965. The molecule has 0 radical (unpaired) electrons. The van der Waals surface area contributed by atoms with Gasteiger partial charge in [-0.25, -0.2) is 4.98 Å². The minimum atomic E-state index is 0. The fraction of sp³-hybridized carbons (Fsp3) is 0.200. The predicted molar refractivity (Wildman–Crippen MR) is 123 cm³/mol. The van der Waals surface area contributed by atoms with Crippen molar-refractivity contribution in [3.63, 3.8) is 0 Å². The summed E-state index contributed by atoms with van der Waals surface area (Å²) in [5.74, 6) is 0.443. The second kappa shape index (κ2) is 9.68. The summed E-state index contributed by atoms with van der Waals surface area (Å²) in [6.07, 6.45) is 0.854. The lowest BCUT2D eigenvalue weighted by atomic mass is 10.1. The first-order valence-electron chi connectivity index (χ1n) is 8.25. The Balaban J connectivity index is 0.00000243. The van der Waals surface area contributed by atoms with E-state index in [4.69, 9.17) is 5.73 Å². The molecular formula is C20H23IN4S. The number of thiazole rings is 1. The number of nitrogens with one attached hydrogen (secondary N) is 1. The van der Waals surface area contributed by atoms with Crippen LogP contribution in [0.3, 0.4) is 0 Å². The normalized spacial score (nSPS) is 11.1. The number of nitrogens with zero attached hydrogens (tertiary/aromatic N) is 2. The van der Waals surface area contributed by atoms with Gasteiger partial charge in [-0.3, -0.25) is 4.99 Å². The lowest BCUT2D eigenvalue weighted by Crippen LogP contribution is -2.23. The molecule has 0 saturated heterocycles. The van der Waals surface area contributed by atoms with E-state index in [0.29, 0.717) is 12.5 Å². The second-order valence-electron chi connectivity index (χ2n) is 5.96. The average Bonchev–Trinajstić information content (AvgIpc) is 3.04. The lowest BCUT2D eigenvalue weighted by Gasteiger charge is -2.06. The van der Waals surface area contributed by atoms with Crippen molar-refractivity contribution in [3.8, 4) is 11.3 Å². The summed E-state index contributed by atoms with van der Waals surface area (Å²) in [6, 6.07) is 16.6. The quantitative estimate of drug-likeness (QED) is 0.308. The van der Waals surface area contributed by atoms with E-state index >= 15 is 0 Å². The van der Waals surface area contributed by atoms with Crippen molar-refractivity contribution in [2.45, 2.75) is 20.3 Å². The minimum absolute atomic E-state index is 0. The van der Waals surface area contributed by atoms with Crippen molar-refractivity contribution in [1.82, 2.24) is 4.98 Å². The molecule has 6 heteroatoms. The summed E-state index contributed by atoms with van der Waals surface area (Å²) in [5, 5.41) is 6.29. The zero-order chi connectivity index (χ0) is 17.6. The second-order valence-corrected chi connectivity index (χ2v) is 7.02. The van der Waals surface area contributed by atoms with Gasteiger partial charge in [0.2, 0.25) is 0 Å². The maximum atomic E-state index is 5.94. The van der Waals surface area contributed by atoms with Gasteiger partial charge in [0, 0.05) is 23.2 Å². The number of guanidine groups is 1. The van der Waals surface area contributed by atoms with E-state index in [0.717, 1.165) is 28.4 Å². The van der Waals surface area contributed by atoms with Gasteiger partial charge < -0.3 is 11.1 Å². The molecule has 3 aromatic rings. The Labute approximate surface area is 175 Å². The summed E-state index contributed by atoms with van der Waals surface area (Å²) in [5.41, 5.74) is 11.5. The first-order chi connectivity index (χ1) is 12.1. The molecule has 0 atom stereocenters. The van der Waals surface area contributed by atoms with Crippen LogP contribution in [-0.2, 0) is 6.42 Å². The van der Waals surface area contributed by atoms with Crippen molar-refractivity contribution < 1.29 is 0 Å². The number of hydrogen-bond acceptors (Lipinski definition) is 3. The summed E-state index contributed by atoms with van der Waals surface area (Å²) in [4.78, 5) is 8.91. The molecule has 0 saturated carbocycles. The van der Waals surface area contributed by atoms with E-state index in [1.54, 1.807) is 11.3 Å². The van der Waals surface area contributed by atoms with Crippen molar-refractivity contribution in [1.29, 1.82) is 0 Å². The molecule has 1 aromatic heterocycles. The molecule has 2 aromatic carbocycles. The maximum absolute atomic E-state index is 5.94. The standard InChI is InChI=1S/C20H22N4S.HI/c1-14-3-9-18(10-4-14)24-20(21)22-12-11-16-5-7-17(8-6-16)19-13-25-15(2)23-19;/h3-10,13H,11-12H2,1-2H3,(H3,21,22,24);1H. The van der Waals surface area contributed by atoms with E-state index < -0.39 is 0 Å². The number of aromatic nitrogens is 1. The van der Waals surface area contributed by atoms with Gasteiger partial charge in [-0.1, -0.05) is 42.0 Å². The summed E-state index contributed by atoms with van der Waals surface area (Å²) in [7, 11) is 0. The summed E-state index contributed by atoms with van der Waals surface area (Å²) >= 11 is 1.67. The molecule has 0 amide bonds. The van der Waals surface area contributed by atoms with Crippen molar-refractivity contribution in [3.05, 3.63) is 70.0 Å². The van der Waals surface area contributed by atoms with Gasteiger partial charge in [0.25, 0.3) is 0 Å². The number of aryl methyl sites for hydroxylation is 2. The van der Waals surface area contributed by atoms with Gasteiger partial charge in [-0.05, 0) is 38.0 Å². The Hall–Kier alpha value is -1.93. The number of nitrogens with two attached hydrogens (primary N) is 1. The zero-order valence-electron chi connectivity index (χ0n) is 14.9. The van der Waals surface area contributed by atoms with E-state index in [1.165, 1.54) is 11.1 Å². The fourth-order valence-electron chi connectivity index (χ4n) is 2.47. The molecule has 1 heterocycles. The highest BCUT2D eigenvalue weighted by Gasteiger charge is 2.02. The minimum Gasteiger partial charge on any atom is -0.370 e. The molecule has 3 N–H and O–H groups in total. The van der Waals surface area contributed by atoms with Crippen LogP contribution in [-0.4, -0.2) is 17.5 Å². The van der Waals surface area contributed by atoms with Gasteiger partial charge in [0.1, 0.15) is 0 Å². The van der Waals surface area contributed by atoms with E-state index in [2.05, 4.69) is 51.9 Å². The van der Waals surface area contributed by atoms with Crippen LogP contribution in [0.15, 0.2) is 58.9 Å². The fourth-order valence-corrected chi connectivity index (χ4v) is 3.09. The van der Waals surface area contributed by atoms with Crippen LogP contribution in [0, 0.1) is 13.8 Å². The van der Waals surface area contributed by atoms with Gasteiger partial charge in [0.05, 0.1) is 10.7 Å². The van der Waals surface area contributed by atoms with Crippen LogP contribution in [0.4, 0.5) is 5.69 Å². The maximum Gasteiger partial charge on any atom is 0.193 e. The Bertz CT molecular complexity index is 854. The van der Waals surface area contributed by atoms with Gasteiger partial charge >= 0.3 is 0 Å². The largest absolute Gasteiger partial charge is 0.370 e. The average molecular weight is 478 g/mol. The van der Waals surface area contributed by atoms with Gasteiger partial charge in [0.15, 0.2) is 5.96 Å². The first kappa shape index (κ1) is 20.4. The van der Waals surface area contributed by atoms with Crippen LogP contribution in [0.5, 0.6) is 0 Å². The smallest absolute Gasteiger partial charge is 0.193 e. The molecular weight excluding hydrogens is 455 g/mol. The number of rotatable bonds is 5. The molecule has 0 unspecified atom stereocenters. The van der Waals surface area contributed by atoms with Crippen LogP contribution >= 0.6 is 35.3 Å². The third-order valence-corrected chi connectivity index (χ3v) is 4.65. The Morgan fingerprint density at radius 2 is 1.77 bits per heavy atom. The third-order valence-electron chi connectivity index (χ3n) is 3.88. The monoisotopic (exact) mass is 478 g/mol. The van der Waals surface area contributed by atoms with Crippen molar-refractivity contribution >= 4 is 47.0 Å². The van der Waals surface area contributed by atoms with E-state index in [1.807, 2.05) is 31.2 Å². The Kier molecular flexibility index (Phi) is 7.59. The topological polar surface area (TPSA) is 63.3 Å². The molecule has 0 aliphatic rings. The molecule has 0 bridgehead atoms. The highest BCUT2D eigenvalue weighted by Crippen LogP contribution is 2.21. The van der Waals surface area contributed by atoms with Crippen molar-refractivity contribution in [2.24, 2.45) is 10.7 Å². The van der Waals surface area contributed by atoms with Crippen LogP contribution < -0.4 is 11.1 Å². The Morgan fingerprint density at radius 3 is 2.38 bits per heavy atom. The molecule has 0 spiro atoms. The van der Waals surface area contributed by atoms with E-state index in [-0.39, 0.29) is 24.0 Å². The molecule has 0 aliphatic carbocycles. The number of halogens is 1. The van der Waals surface area contributed by atoms with Gasteiger partial charge in [-0.2, -0.15) is 0 Å². The SMILES string of the molecule is Cc1ccc(NC(N)=NCCc2ccc(-c3csc(C)n3)cc2)cc1.I. The summed E-state index contributed by atoms with van der Waals surface area (Å²) < 4.78 is 0.